The summed E-state index contributed by atoms with van der Waals surface area (Å²) in [5, 5.41) is 11.1. The van der Waals surface area contributed by atoms with Crippen LogP contribution < -0.4 is 15.6 Å². The molecule has 1 fully saturated rings. The van der Waals surface area contributed by atoms with Gasteiger partial charge in [0.25, 0.3) is 11.5 Å². The zero-order chi connectivity index (χ0) is 20.4. The molecule has 1 aliphatic heterocycles. The number of nitrogens with one attached hydrogen (secondary N) is 1. The van der Waals surface area contributed by atoms with E-state index in [1.807, 2.05) is 24.3 Å². The van der Waals surface area contributed by atoms with Crippen LogP contribution in [-0.2, 0) is 4.74 Å². The van der Waals surface area contributed by atoms with Crippen molar-refractivity contribution >= 4 is 5.91 Å². The van der Waals surface area contributed by atoms with E-state index in [-0.39, 0.29) is 30.4 Å². The highest BCUT2D eigenvalue weighted by atomic mass is 16.5. The first-order valence-corrected chi connectivity index (χ1v) is 9.11. The Bertz CT molecular complexity index is 1090. The van der Waals surface area contributed by atoms with Gasteiger partial charge in [-0.25, -0.2) is 4.68 Å². The molecular weight excluding hydrogens is 376 g/mol. The standard InChI is InChI=1S/C20H20N4O5/c1-12-8-16(23-29-12)20(26)21-17-10-28-11-18(17)24-19(25)7-6-15(22-24)13-4-3-5-14(9-13)27-2/h3-9,17-18H,10-11H2,1-2H3,(H,21,26). The summed E-state index contributed by atoms with van der Waals surface area (Å²) < 4.78 is 17.1. The number of carbonyl (C=O) groups excluding carboxylic acids is 1. The second-order valence-electron chi connectivity index (χ2n) is 6.74. The normalized spacial score (nSPS) is 18.6. The molecule has 9 nitrogen and oxygen atoms in total. The van der Waals surface area contributed by atoms with E-state index in [1.54, 1.807) is 26.2 Å². The number of nitrogens with zero attached hydrogens (tertiary/aromatic N) is 3. The van der Waals surface area contributed by atoms with Crippen molar-refractivity contribution in [2.45, 2.75) is 19.0 Å². The Kier molecular flexibility index (Phi) is 5.13. The fourth-order valence-electron chi connectivity index (χ4n) is 3.24. The van der Waals surface area contributed by atoms with Crippen LogP contribution in [0.25, 0.3) is 11.3 Å². The number of hydrogen-bond acceptors (Lipinski definition) is 7. The Balaban J connectivity index is 1.61. The Morgan fingerprint density at radius 3 is 2.86 bits per heavy atom. The molecule has 150 valence electrons. The van der Waals surface area contributed by atoms with E-state index < -0.39 is 12.1 Å². The minimum atomic E-state index is -0.440. The van der Waals surface area contributed by atoms with Crippen LogP contribution in [-0.4, -0.2) is 47.2 Å². The highest BCUT2D eigenvalue weighted by Crippen LogP contribution is 2.23. The lowest BCUT2D eigenvalue weighted by molar-refractivity contribution is 0.0915. The molecule has 0 saturated carbocycles. The Labute approximate surface area is 166 Å². The van der Waals surface area contributed by atoms with E-state index >= 15 is 0 Å². The molecule has 1 aromatic carbocycles. The smallest absolute Gasteiger partial charge is 0.273 e. The number of benzene rings is 1. The maximum Gasteiger partial charge on any atom is 0.273 e. The van der Waals surface area contributed by atoms with Crippen molar-refractivity contribution in [1.82, 2.24) is 20.3 Å². The van der Waals surface area contributed by atoms with E-state index in [4.69, 9.17) is 14.0 Å². The molecule has 2 unspecified atom stereocenters. The number of aryl methyl sites for hydroxylation is 1. The summed E-state index contributed by atoms with van der Waals surface area (Å²) in [4.78, 5) is 24.9. The summed E-state index contributed by atoms with van der Waals surface area (Å²) in [6, 6.07) is 11.2. The molecule has 2 atom stereocenters. The Morgan fingerprint density at radius 1 is 1.24 bits per heavy atom. The number of carbonyl (C=O) groups is 1. The lowest BCUT2D eigenvalue weighted by atomic mass is 10.1. The molecule has 29 heavy (non-hydrogen) atoms. The first kappa shape index (κ1) is 18.9. The molecule has 0 spiro atoms. The van der Waals surface area contributed by atoms with Gasteiger partial charge in [0.2, 0.25) is 0 Å². The number of rotatable bonds is 5. The highest BCUT2D eigenvalue weighted by Gasteiger charge is 2.33. The van der Waals surface area contributed by atoms with Crippen LogP contribution in [0.2, 0.25) is 0 Å². The van der Waals surface area contributed by atoms with Crippen molar-refractivity contribution < 1.29 is 18.8 Å². The third-order valence-electron chi connectivity index (χ3n) is 4.73. The second kappa shape index (κ2) is 7.88. The number of amides is 1. The molecule has 3 aromatic rings. The summed E-state index contributed by atoms with van der Waals surface area (Å²) in [5.41, 5.74) is 1.34. The van der Waals surface area contributed by atoms with Gasteiger partial charge >= 0.3 is 0 Å². The van der Waals surface area contributed by atoms with Gasteiger partial charge in [-0.15, -0.1) is 0 Å². The van der Waals surface area contributed by atoms with Gasteiger partial charge in [0.05, 0.1) is 32.1 Å². The van der Waals surface area contributed by atoms with E-state index in [0.29, 0.717) is 17.2 Å². The monoisotopic (exact) mass is 396 g/mol. The number of methoxy groups -OCH3 is 1. The molecule has 2 aromatic heterocycles. The van der Waals surface area contributed by atoms with Crippen LogP contribution in [0.1, 0.15) is 22.3 Å². The van der Waals surface area contributed by atoms with Crippen LogP contribution in [0.15, 0.2) is 51.8 Å². The zero-order valence-corrected chi connectivity index (χ0v) is 16.0. The quantitative estimate of drug-likeness (QED) is 0.697. The van der Waals surface area contributed by atoms with Crippen LogP contribution in [0.3, 0.4) is 0 Å². The van der Waals surface area contributed by atoms with Gasteiger partial charge in [-0.1, -0.05) is 17.3 Å². The van der Waals surface area contributed by atoms with Gasteiger partial charge in [0.15, 0.2) is 5.69 Å². The largest absolute Gasteiger partial charge is 0.497 e. The predicted octanol–water partition coefficient (Wildman–Crippen LogP) is 1.59. The molecule has 4 rings (SSSR count). The van der Waals surface area contributed by atoms with Crippen molar-refractivity contribution in [2.75, 3.05) is 20.3 Å². The summed E-state index contributed by atoms with van der Waals surface area (Å²) in [5.74, 6) is 0.844. The lowest BCUT2D eigenvalue weighted by Gasteiger charge is -2.20. The van der Waals surface area contributed by atoms with Gasteiger partial charge in [-0.3, -0.25) is 9.59 Å². The third-order valence-corrected chi connectivity index (χ3v) is 4.73. The lowest BCUT2D eigenvalue weighted by Crippen LogP contribution is -2.44. The van der Waals surface area contributed by atoms with E-state index in [9.17, 15) is 9.59 Å². The van der Waals surface area contributed by atoms with E-state index in [2.05, 4.69) is 15.6 Å². The van der Waals surface area contributed by atoms with Gasteiger partial charge in [-0.05, 0) is 25.1 Å². The predicted molar refractivity (Wildman–Crippen MR) is 103 cm³/mol. The average Bonchev–Trinajstić information content (AvgIpc) is 3.37. The minimum absolute atomic E-state index is 0.179. The molecule has 9 heteroatoms. The topological polar surface area (TPSA) is 108 Å². The molecule has 0 aliphatic carbocycles. The SMILES string of the molecule is COc1cccc(-c2ccc(=O)n(C3COCC3NC(=O)c3cc(C)on3)n2)c1. The summed E-state index contributed by atoms with van der Waals surface area (Å²) in [7, 11) is 1.59. The first-order chi connectivity index (χ1) is 14.0. The van der Waals surface area contributed by atoms with Crippen molar-refractivity contribution in [2.24, 2.45) is 0 Å². The van der Waals surface area contributed by atoms with Crippen molar-refractivity contribution in [1.29, 1.82) is 0 Å². The molecule has 0 radical (unpaired) electrons. The summed E-state index contributed by atoms with van der Waals surface area (Å²) in [6.45, 7) is 2.24. The zero-order valence-electron chi connectivity index (χ0n) is 16.0. The van der Waals surface area contributed by atoms with Crippen LogP contribution in [0, 0.1) is 6.92 Å². The molecule has 3 heterocycles. The Morgan fingerprint density at radius 2 is 2.10 bits per heavy atom. The molecule has 0 bridgehead atoms. The third kappa shape index (κ3) is 3.90. The first-order valence-electron chi connectivity index (χ1n) is 9.11. The van der Waals surface area contributed by atoms with Crippen LogP contribution >= 0.6 is 0 Å². The number of ether oxygens (including phenoxy) is 2. The van der Waals surface area contributed by atoms with Crippen LogP contribution in [0.4, 0.5) is 0 Å². The van der Waals surface area contributed by atoms with Crippen molar-refractivity contribution in [3.8, 4) is 17.0 Å². The van der Waals surface area contributed by atoms with Gasteiger partial charge < -0.3 is 19.3 Å². The van der Waals surface area contributed by atoms with Gasteiger partial charge in [0, 0.05) is 17.7 Å². The maximum atomic E-state index is 12.5. The van der Waals surface area contributed by atoms with E-state index in [0.717, 1.165) is 5.56 Å². The number of aromatic nitrogens is 3. The highest BCUT2D eigenvalue weighted by molar-refractivity contribution is 5.92. The fraction of sp³-hybridized carbons (Fsp3) is 0.300. The van der Waals surface area contributed by atoms with Gasteiger partial charge in [0.1, 0.15) is 17.6 Å². The van der Waals surface area contributed by atoms with Gasteiger partial charge in [-0.2, -0.15) is 5.10 Å². The second-order valence-corrected chi connectivity index (χ2v) is 6.74. The summed E-state index contributed by atoms with van der Waals surface area (Å²) in [6.07, 6.45) is 0. The molecule has 1 N–H and O–H groups in total. The molecular formula is C20H20N4O5. The minimum Gasteiger partial charge on any atom is -0.497 e. The van der Waals surface area contributed by atoms with Crippen LogP contribution in [0.5, 0.6) is 5.75 Å². The fourth-order valence-corrected chi connectivity index (χ4v) is 3.24. The van der Waals surface area contributed by atoms with Crippen molar-refractivity contribution in [3.05, 3.63) is 64.3 Å². The molecule has 1 aliphatic rings. The molecule has 1 saturated heterocycles. The Hall–Kier alpha value is -3.46. The number of hydrogen-bond donors (Lipinski definition) is 1. The average molecular weight is 396 g/mol. The maximum absolute atomic E-state index is 12.5. The van der Waals surface area contributed by atoms with Crippen molar-refractivity contribution in [3.63, 3.8) is 0 Å². The summed E-state index contributed by atoms with van der Waals surface area (Å²) >= 11 is 0. The molecule has 1 amide bonds. The van der Waals surface area contributed by atoms with E-state index in [1.165, 1.54) is 10.7 Å².